The number of aromatic carboxylic acids is 1. The summed E-state index contributed by atoms with van der Waals surface area (Å²) < 4.78 is 2.01. The molecule has 0 saturated carbocycles. The van der Waals surface area contributed by atoms with Crippen LogP contribution < -0.4 is 0 Å². The lowest BCUT2D eigenvalue weighted by atomic mass is 10.1. The van der Waals surface area contributed by atoms with Crippen molar-refractivity contribution in [3.8, 4) is 0 Å². The fourth-order valence-corrected chi connectivity index (χ4v) is 2.14. The molecule has 96 valence electrons. The van der Waals surface area contributed by atoms with Gasteiger partial charge in [0.25, 0.3) is 0 Å². The standard InChI is InChI=1S/C14H18N2O2/c1-9(2)7-8-16-10(3)15-12-6-4-5-11(13(12)16)14(17)18/h4-6,9H,7-8H2,1-3H3,(H,17,18). The fraction of sp³-hybridized carbons (Fsp3) is 0.429. The lowest BCUT2D eigenvalue weighted by Gasteiger charge is -2.10. The summed E-state index contributed by atoms with van der Waals surface area (Å²) in [5, 5.41) is 9.25. The molecular weight excluding hydrogens is 228 g/mol. The van der Waals surface area contributed by atoms with Crippen molar-refractivity contribution in [1.29, 1.82) is 0 Å². The molecule has 1 aromatic carbocycles. The van der Waals surface area contributed by atoms with Gasteiger partial charge < -0.3 is 9.67 Å². The lowest BCUT2D eigenvalue weighted by Crippen LogP contribution is -2.07. The smallest absolute Gasteiger partial charge is 0.337 e. The summed E-state index contributed by atoms with van der Waals surface area (Å²) in [4.78, 5) is 15.7. The highest BCUT2D eigenvalue weighted by molar-refractivity contribution is 6.01. The Morgan fingerprint density at radius 2 is 2.17 bits per heavy atom. The van der Waals surface area contributed by atoms with Crippen LogP contribution in [0.15, 0.2) is 18.2 Å². The molecule has 0 aliphatic carbocycles. The number of hydrogen-bond donors (Lipinski definition) is 1. The maximum Gasteiger partial charge on any atom is 0.337 e. The SMILES string of the molecule is Cc1nc2cccc(C(=O)O)c2n1CCC(C)C. The van der Waals surface area contributed by atoms with Gasteiger partial charge in [0, 0.05) is 6.54 Å². The second kappa shape index (κ2) is 4.80. The Morgan fingerprint density at radius 1 is 1.44 bits per heavy atom. The largest absolute Gasteiger partial charge is 0.478 e. The van der Waals surface area contributed by atoms with Gasteiger partial charge in [-0.3, -0.25) is 0 Å². The Bertz CT molecular complexity index is 585. The van der Waals surface area contributed by atoms with Crippen LogP contribution in [0.25, 0.3) is 11.0 Å². The first-order chi connectivity index (χ1) is 8.50. The van der Waals surface area contributed by atoms with E-state index in [0.29, 0.717) is 11.5 Å². The van der Waals surface area contributed by atoms with Gasteiger partial charge in [-0.05, 0) is 31.4 Å². The van der Waals surface area contributed by atoms with Gasteiger partial charge in [-0.1, -0.05) is 19.9 Å². The highest BCUT2D eigenvalue weighted by Crippen LogP contribution is 2.21. The van der Waals surface area contributed by atoms with Gasteiger partial charge in [0.15, 0.2) is 0 Å². The zero-order valence-electron chi connectivity index (χ0n) is 11.0. The van der Waals surface area contributed by atoms with Crippen LogP contribution in [0.1, 0.15) is 36.5 Å². The number of fused-ring (bicyclic) bond motifs is 1. The topological polar surface area (TPSA) is 55.1 Å². The van der Waals surface area contributed by atoms with E-state index in [9.17, 15) is 9.90 Å². The van der Waals surface area contributed by atoms with Crippen molar-refractivity contribution in [2.75, 3.05) is 0 Å². The van der Waals surface area contributed by atoms with E-state index < -0.39 is 5.97 Å². The molecule has 0 unspecified atom stereocenters. The van der Waals surface area contributed by atoms with Crippen LogP contribution >= 0.6 is 0 Å². The van der Waals surface area contributed by atoms with Gasteiger partial charge in [0.05, 0.1) is 16.6 Å². The molecule has 0 bridgehead atoms. The minimum Gasteiger partial charge on any atom is -0.478 e. The molecule has 0 aliphatic heterocycles. The van der Waals surface area contributed by atoms with Gasteiger partial charge >= 0.3 is 5.97 Å². The quantitative estimate of drug-likeness (QED) is 0.901. The van der Waals surface area contributed by atoms with E-state index in [4.69, 9.17) is 0 Å². The van der Waals surface area contributed by atoms with Crippen LogP contribution in [0.4, 0.5) is 0 Å². The summed E-state index contributed by atoms with van der Waals surface area (Å²) in [5.41, 5.74) is 1.83. The predicted octanol–water partition coefficient (Wildman–Crippen LogP) is 3.09. The molecule has 4 heteroatoms. The van der Waals surface area contributed by atoms with Crippen molar-refractivity contribution >= 4 is 17.0 Å². The molecule has 18 heavy (non-hydrogen) atoms. The predicted molar refractivity (Wildman–Crippen MR) is 70.9 cm³/mol. The van der Waals surface area contributed by atoms with Crippen LogP contribution in [0.5, 0.6) is 0 Å². The molecule has 2 rings (SSSR count). The number of carbonyl (C=O) groups is 1. The molecule has 1 heterocycles. The van der Waals surface area contributed by atoms with E-state index in [1.54, 1.807) is 12.1 Å². The highest BCUT2D eigenvalue weighted by Gasteiger charge is 2.15. The maximum absolute atomic E-state index is 11.3. The third-order valence-corrected chi connectivity index (χ3v) is 3.12. The average Bonchev–Trinajstić information content (AvgIpc) is 2.61. The van der Waals surface area contributed by atoms with E-state index in [-0.39, 0.29) is 0 Å². The zero-order valence-corrected chi connectivity index (χ0v) is 11.0. The summed E-state index contributed by atoms with van der Waals surface area (Å²) in [6.07, 6.45) is 1.01. The number of carboxylic acids is 1. The Hall–Kier alpha value is -1.84. The van der Waals surface area contributed by atoms with E-state index in [1.807, 2.05) is 17.6 Å². The van der Waals surface area contributed by atoms with Crippen molar-refractivity contribution in [1.82, 2.24) is 9.55 Å². The van der Waals surface area contributed by atoms with Crippen LogP contribution in [0.2, 0.25) is 0 Å². The Balaban J connectivity index is 2.56. The molecule has 4 nitrogen and oxygen atoms in total. The average molecular weight is 246 g/mol. The number of benzene rings is 1. The first kappa shape index (κ1) is 12.6. The Kier molecular flexibility index (Phi) is 3.36. The van der Waals surface area contributed by atoms with Gasteiger partial charge in [-0.15, -0.1) is 0 Å². The first-order valence-electron chi connectivity index (χ1n) is 6.20. The minimum absolute atomic E-state index is 0.330. The summed E-state index contributed by atoms with van der Waals surface area (Å²) in [5.74, 6) is 0.560. The van der Waals surface area contributed by atoms with Crippen molar-refractivity contribution in [2.45, 2.75) is 33.7 Å². The summed E-state index contributed by atoms with van der Waals surface area (Å²) in [6.45, 7) is 7.05. The number of para-hydroxylation sites is 1. The Labute approximate surface area is 106 Å². The van der Waals surface area contributed by atoms with Crippen LogP contribution in [0, 0.1) is 12.8 Å². The summed E-state index contributed by atoms with van der Waals surface area (Å²) in [6, 6.07) is 5.24. The summed E-state index contributed by atoms with van der Waals surface area (Å²) >= 11 is 0. The monoisotopic (exact) mass is 246 g/mol. The summed E-state index contributed by atoms with van der Waals surface area (Å²) in [7, 11) is 0. The minimum atomic E-state index is -0.897. The zero-order chi connectivity index (χ0) is 13.3. The second-order valence-electron chi connectivity index (χ2n) is 4.97. The molecule has 0 radical (unpaired) electrons. The number of rotatable bonds is 4. The normalized spacial score (nSPS) is 11.3. The third-order valence-electron chi connectivity index (χ3n) is 3.12. The number of carboxylic acid groups (broad SMARTS) is 1. The molecule has 0 fully saturated rings. The molecule has 1 aromatic heterocycles. The number of nitrogens with zero attached hydrogens (tertiary/aromatic N) is 2. The van der Waals surface area contributed by atoms with E-state index in [0.717, 1.165) is 29.8 Å². The van der Waals surface area contributed by atoms with Crippen molar-refractivity contribution < 1.29 is 9.90 Å². The molecule has 1 N–H and O–H groups in total. The maximum atomic E-state index is 11.3. The van der Waals surface area contributed by atoms with Gasteiger partial charge in [0.2, 0.25) is 0 Å². The van der Waals surface area contributed by atoms with Crippen molar-refractivity contribution in [3.05, 3.63) is 29.6 Å². The van der Waals surface area contributed by atoms with Gasteiger partial charge in [-0.2, -0.15) is 0 Å². The number of hydrogen-bond acceptors (Lipinski definition) is 2. The molecule has 2 aromatic rings. The molecule has 0 atom stereocenters. The van der Waals surface area contributed by atoms with Gasteiger partial charge in [-0.25, -0.2) is 9.78 Å². The number of aryl methyl sites for hydroxylation is 2. The molecule has 0 aliphatic rings. The van der Waals surface area contributed by atoms with Crippen molar-refractivity contribution in [3.63, 3.8) is 0 Å². The molecule has 0 saturated heterocycles. The van der Waals surface area contributed by atoms with Crippen molar-refractivity contribution in [2.24, 2.45) is 5.92 Å². The van der Waals surface area contributed by atoms with Crippen LogP contribution in [-0.4, -0.2) is 20.6 Å². The third kappa shape index (κ3) is 2.23. The molecule has 0 spiro atoms. The van der Waals surface area contributed by atoms with E-state index >= 15 is 0 Å². The van der Waals surface area contributed by atoms with E-state index in [2.05, 4.69) is 18.8 Å². The number of aromatic nitrogens is 2. The first-order valence-corrected chi connectivity index (χ1v) is 6.20. The molecule has 0 amide bonds. The fourth-order valence-electron chi connectivity index (χ4n) is 2.14. The highest BCUT2D eigenvalue weighted by atomic mass is 16.4. The van der Waals surface area contributed by atoms with Crippen LogP contribution in [0.3, 0.4) is 0 Å². The molecular formula is C14H18N2O2. The number of imidazole rings is 1. The van der Waals surface area contributed by atoms with E-state index in [1.165, 1.54) is 0 Å². The second-order valence-corrected chi connectivity index (χ2v) is 4.97. The van der Waals surface area contributed by atoms with Gasteiger partial charge in [0.1, 0.15) is 5.82 Å². The lowest BCUT2D eigenvalue weighted by molar-refractivity contribution is 0.0698. The Morgan fingerprint density at radius 3 is 2.78 bits per heavy atom. The van der Waals surface area contributed by atoms with Crippen LogP contribution in [-0.2, 0) is 6.54 Å².